The van der Waals surface area contributed by atoms with E-state index in [1.807, 2.05) is 31.2 Å². The molecule has 0 saturated carbocycles. The quantitative estimate of drug-likeness (QED) is 0.552. The van der Waals surface area contributed by atoms with Crippen molar-refractivity contribution in [3.63, 3.8) is 0 Å². The number of hydrogen-bond donors (Lipinski definition) is 1. The molecule has 0 atom stereocenters. The van der Waals surface area contributed by atoms with Gasteiger partial charge in [-0.2, -0.15) is 0 Å². The van der Waals surface area contributed by atoms with Gasteiger partial charge in [0, 0.05) is 12.2 Å². The number of aromatic nitrogens is 3. The zero-order valence-electron chi connectivity index (χ0n) is 13.6. The van der Waals surface area contributed by atoms with Crippen molar-refractivity contribution in [3.8, 4) is 0 Å². The summed E-state index contributed by atoms with van der Waals surface area (Å²) in [5.74, 6) is -0.291. The van der Waals surface area contributed by atoms with Gasteiger partial charge in [-0.3, -0.25) is 14.2 Å². The fourth-order valence-electron chi connectivity index (χ4n) is 2.37. The lowest BCUT2D eigenvalue weighted by molar-refractivity contribution is -0.116. The predicted molar refractivity (Wildman–Crippen MR) is 103 cm³/mol. The molecule has 2 heterocycles. The highest BCUT2D eigenvalue weighted by Gasteiger charge is 2.13. The second-order valence-electron chi connectivity index (χ2n) is 5.51. The first-order valence-electron chi connectivity index (χ1n) is 7.56. The highest BCUT2D eigenvalue weighted by molar-refractivity contribution is 7.73. The van der Waals surface area contributed by atoms with E-state index in [0.717, 1.165) is 5.56 Å². The number of anilines is 1. The maximum atomic E-state index is 12.6. The summed E-state index contributed by atoms with van der Waals surface area (Å²) >= 11 is 6.47. The lowest BCUT2D eigenvalue weighted by atomic mass is 10.2. The molecule has 0 aliphatic heterocycles. The Morgan fingerprint density at radius 1 is 1.40 bits per heavy atom. The minimum Gasteiger partial charge on any atom is -0.325 e. The van der Waals surface area contributed by atoms with E-state index in [2.05, 4.69) is 16.9 Å². The summed E-state index contributed by atoms with van der Waals surface area (Å²) in [6, 6.07) is 7.45. The van der Waals surface area contributed by atoms with Gasteiger partial charge >= 0.3 is 0 Å². The summed E-state index contributed by atoms with van der Waals surface area (Å²) in [6.45, 7) is 6.03. The molecule has 0 aliphatic carbocycles. The minimum absolute atomic E-state index is 0.109. The van der Waals surface area contributed by atoms with Crippen LogP contribution in [0.25, 0.3) is 10.3 Å². The number of nitrogens with one attached hydrogen (secondary N) is 1. The van der Waals surface area contributed by atoms with Crippen molar-refractivity contribution >= 4 is 45.5 Å². The number of amides is 1. The molecule has 3 aromatic rings. The Balaban J connectivity index is 1.86. The topological polar surface area (TPSA) is 68.9 Å². The van der Waals surface area contributed by atoms with Gasteiger partial charge in [-0.05, 0) is 31.3 Å². The van der Waals surface area contributed by atoms with Gasteiger partial charge in [0.25, 0.3) is 5.56 Å². The van der Waals surface area contributed by atoms with Crippen molar-refractivity contribution in [2.24, 2.45) is 0 Å². The van der Waals surface area contributed by atoms with Crippen molar-refractivity contribution in [2.45, 2.75) is 20.0 Å². The van der Waals surface area contributed by atoms with Crippen LogP contribution in [0, 0.1) is 10.9 Å². The van der Waals surface area contributed by atoms with Crippen LogP contribution in [0.2, 0.25) is 0 Å². The van der Waals surface area contributed by atoms with Crippen LogP contribution in [0.4, 0.5) is 5.69 Å². The molecule has 0 radical (unpaired) electrons. The molecule has 0 spiro atoms. The van der Waals surface area contributed by atoms with Crippen molar-refractivity contribution in [1.29, 1.82) is 0 Å². The molecule has 8 heteroatoms. The summed E-state index contributed by atoms with van der Waals surface area (Å²) in [4.78, 5) is 29.1. The van der Waals surface area contributed by atoms with E-state index in [9.17, 15) is 9.59 Å². The molecule has 25 heavy (non-hydrogen) atoms. The Morgan fingerprint density at radius 2 is 2.12 bits per heavy atom. The zero-order valence-corrected chi connectivity index (χ0v) is 15.2. The van der Waals surface area contributed by atoms with Crippen molar-refractivity contribution in [1.82, 2.24) is 14.1 Å². The van der Waals surface area contributed by atoms with Crippen LogP contribution in [0.15, 0.2) is 48.0 Å². The highest BCUT2D eigenvalue weighted by atomic mass is 32.1. The number of thiazole rings is 1. The number of hydrogen-bond acceptors (Lipinski definition) is 5. The predicted octanol–water partition coefficient (Wildman–Crippen LogP) is 3.12. The standard InChI is InChI=1S/C17H16N4O2S2/c1-3-8-21-15-14(25-17(21)24)16(23)20(10-18-15)9-13(22)19-12-6-4-11(2)5-7-12/h3-7,10H,1,8-9H2,2H3,(H,19,22). The lowest BCUT2D eigenvalue weighted by Crippen LogP contribution is -2.27. The number of allylic oxidation sites excluding steroid dienone is 1. The maximum Gasteiger partial charge on any atom is 0.273 e. The van der Waals surface area contributed by atoms with Crippen molar-refractivity contribution in [2.75, 3.05) is 5.32 Å². The van der Waals surface area contributed by atoms with Crippen LogP contribution in [0.3, 0.4) is 0 Å². The maximum absolute atomic E-state index is 12.6. The SMILES string of the molecule is C=CCn1c(=S)sc2c(=O)n(CC(=O)Nc3ccc(C)cc3)cnc21. The van der Waals surface area contributed by atoms with Gasteiger partial charge in [0.1, 0.15) is 17.6 Å². The molecule has 6 nitrogen and oxygen atoms in total. The van der Waals surface area contributed by atoms with Crippen LogP contribution < -0.4 is 10.9 Å². The number of aryl methyl sites for hydroxylation is 1. The third-order valence-electron chi connectivity index (χ3n) is 3.60. The Labute approximate surface area is 153 Å². The van der Waals surface area contributed by atoms with Gasteiger partial charge in [-0.25, -0.2) is 4.98 Å². The molecule has 1 N–H and O–H groups in total. The summed E-state index contributed by atoms with van der Waals surface area (Å²) in [6.07, 6.45) is 3.07. The molecule has 2 aromatic heterocycles. The number of carbonyl (C=O) groups excluding carboxylic acids is 1. The van der Waals surface area contributed by atoms with Gasteiger partial charge in [0.05, 0.1) is 0 Å². The third kappa shape index (κ3) is 3.59. The van der Waals surface area contributed by atoms with E-state index in [1.54, 1.807) is 10.6 Å². The Morgan fingerprint density at radius 3 is 2.80 bits per heavy atom. The number of benzene rings is 1. The summed E-state index contributed by atoms with van der Waals surface area (Å²) in [5, 5.41) is 2.77. The zero-order chi connectivity index (χ0) is 18.0. The van der Waals surface area contributed by atoms with Gasteiger partial charge in [0.2, 0.25) is 5.91 Å². The highest BCUT2D eigenvalue weighted by Crippen LogP contribution is 2.17. The number of rotatable bonds is 5. The summed E-state index contributed by atoms with van der Waals surface area (Å²) in [5.41, 5.74) is 2.04. The fourth-order valence-corrected chi connectivity index (χ4v) is 3.68. The second kappa shape index (κ2) is 7.12. The average molecular weight is 372 g/mol. The van der Waals surface area contributed by atoms with Crippen LogP contribution in [0.5, 0.6) is 0 Å². The summed E-state index contributed by atoms with van der Waals surface area (Å²) < 4.78 is 4.04. The van der Waals surface area contributed by atoms with E-state index in [1.165, 1.54) is 22.2 Å². The molecule has 1 aromatic carbocycles. The first-order chi connectivity index (χ1) is 12.0. The summed E-state index contributed by atoms with van der Waals surface area (Å²) in [7, 11) is 0. The normalized spacial score (nSPS) is 10.8. The number of fused-ring (bicyclic) bond motifs is 1. The molecule has 0 unspecified atom stereocenters. The Kier molecular flexibility index (Phi) is 4.91. The minimum atomic E-state index is -0.291. The van der Waals surface area contributed by atoms with Gasteiger partial charge in [-0.15, -0.1) is 6.58 Å². The molecule has 0 saturated heterocycles. The molecule has 1 amide bonds. The second-order valence-corrected chi connectivity index (χ2v) is 7.16. The Hall–Kier alpha value is -2.58. The molecule has 3 rings (SSSR count). The molecule has 0 bridgehead atoms. The van der Waals surface area contributed by atoms with E-state index in [0.29, 0.717) is 26.5 Å². The molecule has 0 fully saturated rings. The smallest absolute Gasteiger partial charge is 0.273 e. The van der Waals surface area contributed by atoms with Crippen LogP contribution in [-0.2, 0) is 17.9 Å². The molecular formula is C17H16N4O2S2. The van der Waals surface area contributed by atoms with Crippen molar-refractivity contribution in [3.05, 3.63) is 63.1 Å². The van der Waals surface area contributed by atoms with Gasteiger partial charge in [0.15, 0.2) is 9.60 Å². The lowest BCUT2D eigenvalue weighted by Gasteiger charge is -2.07. The van der Waals surface area contributed by atoms with E-state index in [-0.39, 0.29) is 18.0 Å². The average Bonchev–Trinajstić information content (AvgIpc) is 2.90. The van der Waals surface area contributed by atoms with Gasteiger partial charge < -0.3 is 9.88 Å². The number of carbonyl (C=O) groups is 1. The fraction of sp³-hybridized carbons (Fsp3) is 0.176. The first-order valence-corrected chi connectivity index (χ1v) is 8.78. The molecule has 0 aliphatic rings. The third-order valence-corrected chi connectivity index (χ3v) is 5.03. The van der Waals surface area contributed by atoms with E-state index < -0.39 is 0 Å². The molecule has 128 valence electrons. The van der Waals surface area contributed by atoms with E-state index in [4.69, 9.17) is 12.2 Å². The van der Waals surface area contributed by atoms with Gasteiger partial charge in [-0.1, -0.05) is 35.1 Å². The van der Waals surface area contributed by atoms with E-state index >= 15 is 0 Å². The van der Waals surface area contributed by atoms with Crippen molar-refractivity contribution < 1.29 is 4.79 Å². The largest absolute Gasteiger partial charge is 0.325 e. The first kappa shape index (κ1) is 17.2. The van der Waals surface area contributed by atoms with Crippen LogP contribution in [-0.4, -0.2) is 20.0 Å². The monoisotopic (exact) mass is 372 g/mol. The van der Waals surface area contributed by atoms with Crippen LogP contribution >= 0.6 is 23.6 Å². The van der Waals surface area contributed by atoms with Crippen LogP contribution in [0.1, 0.15) is 5.56 Å². The number of nitrogens with zero attached hydrogens (tertiary/aromatic N) is 3. The Bertz CT molecular complexity index is 1060. The molecular weight excluding hydrogens is 356 g/mol.